The van der Waals surface area contributed by atoms with Crippen molar-refractivity contribution in [3.8, 4) is 0 Å². The van der Waals surface area contributed by atoms with Crippen molar-refractivity contribution in [2.24, 2.45) is 0 Å². The molecule has 7 heteroatoms. The lowest BCUT2D eigenvalue weighted by molar-refractivity contribution is -0.129. The second-order valence-electron chi connectivity index (χ2n) is 13.6. The van der Waals surface area contributed by atoms with Gasteiger partial charge in [-0.05, 0) is 12.8 Å². The minimum atomic E-state index is -5.32. The molecule has 0 unspecified atom stereocenters. The summed E-state index contributed by atoms with van der Waals surface area (Å²) in [4.78, 5) is 57.5. The van der Waals surface area contributed by atoms with Crippen molar-refractivity contribution in [3.63, 3.8) is 0 Å². The molecule has 1 radical (unpaired) electrons. The maximum absolute atomic E-state index is 12.9. The van der Waals surface area contributed by atoms with Crippen molar-refractivity contribution in [1.82, 2.24) is 0 Å². The Hall–Kier alpha value is -0.840. The van der Waals surface area contributed by atoms with Crippen molar-refractivity contribution in [2.75, 3.05) is 0 Å². The minimum absolute atomic E-state index is 0.177. The summed E-state index contributed by atoms with van der Waals surface area (Å²) in [5.41, 5.74) is 0. The Kier molecular flexibility index (Phi) is 29.9. The smallest absolute Gasteiger partial charge is 0.323 e. The molecule has 0 saturated heterocycles. The van der Waals surface area contributed by atoms with Crippen molar-refractivity contribution >= 4 is 25.4 Å². The molecule has 45 heavy (non-hydrogen) atoms. The van der Waals surface area contributed by atoms with Crippen LogP contribution in [0.5, 0.6) is 0 Å². The molecule has 0 aliphatic rings. The molecule has 0 aromatic carbocycles. The molecule has 0 rings (SSSR count). The van der Waals surface area contributed by atoms with Crippen LogP contribution in [0.25, 0.3) is 0 Å². The van der Waals surface area contributed by atoms with Gasteiger partial charge in [0.05, 0.1) is 0 Å². The molecule has 2 N–H and O–H groups in total. The summed E-state index contributed by atoms with van der Waals surface area (Å²) in [7, 11) is -5.32. The average molecular weight is 656 g/mol. The number of hydrogen-bond acceptors (Lipinski definition) is 4. The van der Waals surface area contributed by atoms with E-state index in [1.165, 1.54) is 135 Å². The molecule has 0 atom stereocenters. The molecule has 0 aliphatic carbocycles. The van der Waals surface area contributed by atoms with Crippen LogP contribution in [-0.2, 0) is 18.9 Å². The average Bonchev–Trinajstić information content (AvgIpc) is 3.01. The number of ketones is 2. The summed E-state index contributed by atoms with van der Waals surface area (Å²) >= 11 is 0. The third kappa shape index (κ3) is 22.4. The molecule has 0 aromatic rings. The van der Waals surface area contributed by atoms with E-state index in [2.05, 4.69) is 13.8 Å². The van der Waals surface area contributed by atoms with Gasteiger partial charge >= 0.3 is 7.60 Å². The molecule has 0 bridgehead atoms. The van der Waals surface area contributed by atoms with Gasteiger partial charge in [-0.25, -0.2) is 0 Å². The Labute approximate surface area is 278 Å². The number of Topliss-reactive ketones (excluding diaryl/α,β-unsaturated/α-hetero) is 2. The predicted molar refractivity (Wildman–Crippen MR) is 190 cm³/mol. The molecule has 0 fully saturated rings. The second-order valence-corrected chi connectivity index (χ2v) is 15.4. The molecule has 0 spiro atoms. The van der Waals surface area contributed by atoms with E-state index in [0.29, 0.717) is 12.8 Å². The lowest BCUT2D eigenvalue weighted by Gasteiger charge is -2.25. The highest BCUT2D eigenvalue weighted by Crippen LogP contribution is 2.52. The zero-order valence-corrected chi connectivity index (χ0v) is 30.5. The van der Waals surface area contributed by atoms with Gasteiger partial charge in [0.2, 0.25) is 6.29 Å². The van der Waals surface area contributed by atoms with E-state index in [4.69, 9.17) is 0 Å². The van der Waals surface area contributed by atoms with Gasteiger partial charge in [0.1, 0.15) is 0 Å². The number of carbonyl (C=O) groups excluding carboxylic acids is 3. The fraction of sp³-hybridized carbons (Fsp3) is 0.921. The van der Waals surface area contributed by atoms with Crippen LogP contribution in [0.15, 0.2) is 0 Å². The number of carbonyl (C=O) groups is 2. The molecular weight excluding hydrogens is 583 g/mol. The monoisotopic (exact) mass is 656 g/mol. The normalized spacial score (nSPS) is 12.1. The summed E-state index contributed by atoms with van der Waals surface area (Å²) < 4.78 is 12.3. The van der Waals surface area contributed by atoms with Crippen LogP contribution < -0.4 is 0 Å². The highest BCUT2D eigenvalue weighted by Gasteiger charge is 2.59. The van der Waals surface area contributed by atoms with Crippen LogP contribution >= 0.6 is 7.60 Å². The van der Waals surface area contributed by atoms with Crippen molar-refractivity contribution in [2.45, 2.75) is 224 Å². The fourth-order valence-electron chi connectivity index (χ4n) is 6.33. The summed E-state index contributed by atoms with van der Waals surface area (Å²) in [5, 5.41) is -2.95. The predicted octanol–water partition coefficient (Wildman–Crippen LogP) is 11.7. The van der Waals surface area contributed by atoms with Gasteiger partial charge in [-0.2, -0.15) is 0 Å². The van der Waals surface area contributed by atoms with Crippen LogP contribution in [0.2, 0.25) is 0 Å². The molecule has 265 valence electrons. The molecule has 6 nitrogen and oxygen atoms in total. The topological polar surface area (TPSA) is 109 Å². The summed E-state index contributed by atoms with van der Waals surface area (Å²) in [6.45, 7) is 4.49. The Morgan fingerprint density at radius 3 is 0.822 bits per heavy atom. The third-order valence-corrected chi connectivity index (χ3v) is 10.9. The van der Waals surface area contributed by atoms with Crippen molar-refractivity contribution < 1.29 is 28.7 Å². The van der Waals surface area contributed by atoms with Gasteiger partial charge in [0.25, 0.3) is 5.16 Å². The van der Waals surface area contributed by atoms with E-state index in [0.717, 1.165) is 51.4 Å². The van der Waals surface area contributed by atoms with E-state index >= 15 is 0 Å². The fourth-order valence-corrected chi connectivity index (χ4v) is 7.32. The lowest BCUT2D eigenvalue weighted by Crippen LogP contribution is -2.48. The second kappa shape index (κ2) is 30.5. The van der Waals surface area contributed by atoms with Crippen LogP contribution in [0.4, 0.5) is 0 Å². The summed E-state index contributed by atoms with van der Waals surface area (Å²) in [6, 6.07) is 0. The number of unbranched alkanes of at least 4 members (excludes halogenated alkanes) is 28. The van der Waals surface area contributed by atoms with E-state index in [1.54, 1.807) is 0 Å². The van der Waals surface area contributed by atoms with E-state index in [1.807, 2.05) is 0 Å². The first-order chi connectivity index (χ1) is 21.8. The molecular formula is C38H72O6P. The van der Waals surface area contributed by atoms with Crippen molar-refractivity contribution in [3.05, 3.63) is 0 Å². The Balaban J connectivity index is 4.08. The lowest BCUT2D eigenvalue weighted by atomic mass is 9.91. The Bertz CT molecular complexity index is 715. The molecule has 0 amide bonds. The van der Waals surface area contributed by atoms with Crippen LogP contribution in [0.3, 0.4) is 0 Å². The van der Waals surface area contributed by atoms with Gasteiger partial charge in [-0.1, -0.05) is 194 Å². The van der Waals surface area contributed by atoms with Gasteiger partial charge in [0, 0.05) is 12.8 Å². The van der Waals surface area contributed by atoms with Gasteiger partial charge in [-0.15, -0.1) is 0 Å². The molecule has 0 aliphatic heterocycles. The SMILES string of the molecule is CCCCCCCCCCCCCCCCCC(=O)C([C]=O)(C(=O)CCCCCCCCCCCCCCCCC)P(=O)(O)O. The summed E-state index contributed by atoms with van der Waals surface area (Å²) in [6.07, 6.45) is 35.8. The van der Waals surface area contributed by atoms with Gasteiger partial charge in [-0.3, -0.25) is 18.9 Å². The van der Waals surface area contributed by atoms with Crippen LogP contribution in [-0.4, -0.2) is 32.8 Å². The first-order valence-electron chi connectivity index (χ1n) is 19.3. The zero-order valence-electron chi connectivity index (χ0n) is 29.6. The highest BCUT2D eigenvalue weighted by atomic mass is 31.2. The largest absolute Gasteiger partial charge is 0.354 e. The number of hydrogen-bond donors (Lipinski definition) is 2. The van der Waals surface area contributed by atoms with E-state index in [9.17, 15) is 28.7 Å². The van der Waals surface area contributed by atoms with E-state index in [-0.39, 0.29) is 12.8 Å². The molecule has 0 saturated carbocycles. The third-order valence-electron chi connectivity index (χ3n) is 9.41. The van der Waals surface area contributed by atoms with Crippen molar-refractivity contribution in [1.29, 1.82) is 0 Å². The highest BCUT2D eigenvalue weighted by molar-refractivity contribution is 7.57. The quantitative estimate of drug-likeness (QED) is 0.0395. The Morgan fingerprint density at radius 1 is 0.444 bits per heavy atom. The van der Waals surface area contributed by atoms with Crippen LogP contribution in [0.1, 0.15) is 219 Å². The molecule has 0 aromatic heterocycles. The summed E-state index contributed by atoms with van der Waals surface area (Å²) in [5.74, 6) is -1.93. The first-order valence-corrected chi connectivity index (χ1v) is 20.9. The first kappa shape index (κ1) is 44.2. The van der Waals surface area contributed by atoms with Crippen LogP contribution in [0, 0.1) is 0 Å². The standard InChI is InChI=1S/C38H72O6P/c1-3-5-7-9-11-13-15-17-19-21-23-25-27-29-31-33-36(40)38(35-39,45(42,43)44)37(41)34-32-30-28-26-24-22-20-18-16-14-12-10-8-6-4-2/h3-34H2,1-2H3,(H2,42,43,44). The van der Waals surface area contributed by atoms with Gasteiger partial charge < -0.3 is 9.79 Å². The maximum atomic E-state index is 12.9. The molecule has 0 heterocycles. The minimum Gasteiger partial charge on any atom is -0.323 e. The van der Waals surface area contributed by atoms with Gasteiger partial charge in [0.15, 0.2) is 11.6 Å². The van der Waals surface area contributed by atoms with E-state index < -0.39 is 24.3 Å². The number of rotatable bonds is 36. The maximum Gasteiger partial charge on any atom is 0.354 e. The Morgan fingerprint density at radius 2 is 0.644 bits per heavy atom. The zero-order chi connectivity index (χ0) is 33.5.